The first-order valence-corrected chi connectivity index (χ1v) is 8.45. The monoisotopic (exact) mass is 360 g/mol. The standard InChI is InChI=1S/C17H17FN4O4/c18-10-1-2-11-12(8-14(23)19-13(11)7-10)16(24)22-5-3-9(4-6-22)15-20-21-17(25)26-15/h1-2,7,9,12H,3-6,8H2,(H,19,23)(H,21,25). The van der Waals surface area contributed by atoms with Gasteiger partial charge in [-0.15, -0.1) is 5.10 Å². The summed E-state index contributed by atoms with van der Waals surface area (Å²) in [4.78, 5) is 37.6. The van der Waals surface area contributed by atoms with E-state index in [2.05, 4.69) is 15.5 Å². The van der Waals surface area contributed by atoms with E-state index in [4.69, 9.17) is 4.42 Å². The van der Waals surface area contributed by atoms with Crippen molar-refractivity contribution in [2.45, 2.75) is 31.1 Å². The molecule has 9 heteroatoms. The first kappa shape index (κ1) is 16.5. The molecule has 1 aromatic heterocycles. The predicted octanol–water partition coefficient (Wildman–Crippen LogP) is 1.33. The number of carbonyl (C=O) groups is 2. The highest BCUT2D eigenvalue weighted by atomic mass is 19.1. The van der Waals surface area contributed by atoms with Crippen LogP contribution in [0.25, 0.3) is 0 Å². The zero-order chi connectivity index (χ0) is 18.3. The smallest absolute Gasteiger partial charge is 0.392 e. The van der Waals surface area contributed by atoms with Crippen LogP contribution in [-0.4, -0.2) is 40.0 Å². The summed E-state index contributed by atoms with van der Waals surface area (Å²) in [7, 11) is 0. The normalized spacial score (nSPS) is 20.6. The van der Waals surface area contributed by atoms with Gasteiger partial charge in [-0.3, -0.25) is 9.59 Å². The largest absolute Gasteiger partial charge is 0.434 e. The summed E-state index contributed by atoms with van der Waals surface area (Å²) in [5, 5.41) is 8.71. The first-order chi connectivity index (χ1) is 12.5. The summed E-state index contributed by atoms with van der Waals surface area (Å²) >= 11 is 0. The molecule has 1 unspecified atom stereocenters. The molecule has 2 aliphatic heterocycles. The van der Waals surface area contributed by atoms with Crippen molar-refractivity contribution in [2.24, 2.45) is 0 Å². The number of H-pyrrole nitrogens is 1. The second kappa shape index (κ2) is 6.40. The van der Waals surface area contributed by atoms with Gasteiger partial charge >= 0.3 is 5.76 Å². The number of piperidine rings is 1. The van der Waals surface area contributed by atoms with Gasteiger partial charge in [0.05, 0.1) is 5.92 Å². The third-order valence-electron chi connectivity index (χ3n) is 4.96. The van der Waals surface area contributed by atoms with E-state index >= 15 is 0 Å². The number of halogens is 1. The van der Waals surface area contributed by atoms with Crippen molar-refractivity contribution >= 4 is 17.5 Å². The second-order valence-corrected chi connectivity index (χ2v) is 6.59. The number of rotatable bonds is 2. The quantitative estimate of drug-likeness (QED) is 0.840. The molecule has 0 spiro atoms. The van der Waals surface area contributed by atoms with Gasteiger partial charge < -0.3 is 14.6 Å². The van der Waals surface area contributed by atoms with E-state index in [1.807, 2.05) is 0 Å². The molecule has 2 amide bonds. The van der Waals surface area contributed by atoms with Gasteiger partial charge in [0, 0.05) is 31.1 Å². The highest BCUT2D eigenvalue weighted by molar-refractivity contribution is 6.01. The van der Waals surface area contributed by atoms with Gasteiger partial charge in [0.2, 0.25) is 17.7 Å². The third kappa shape index (κ3) is 3.00. The van der Waals surface area contributed by atoms with Gasteiger partial charge in [-0.05, 0) is 30.5 Å². The van der Waals surface area contributed by atoms with Crippen LogP contribution >= 0.6 is 0 Å². The molecule has 0 bridgehead atoms. The molecular weight excluding hydrogens is 343 g/mol. The maximum atomic E-state index is 13.4. The van der Waals surface area contributed by atoms with Crippen LogP contribution in [0.5, 0.6) is 0 Å². The van der Waals surface area contributed by atoms with Gasteiger partial charge in [0.25, 0.3) is 0 Å². The number of hydrogen-bond donors (Lipinski definition) is 2. The van der Waals surface area contributed by atoms with Crippen LogP contribution in [0.2, 0.25) is 0 Å². The van der Waals surface area contributed by atoms with Gasteiger partial charge in [0.15, 0.2) is 0 Å². The lowest BCUT2D eigenvalue weighted by Crippen LogP contribution is -2.42. The SMILES string of the molecule is O=C1CC(C(=O)N2CCC(c3n[nH]c(=O)o3)CC2)c2ccc(F)cc2N1. The van der Waals surface area contributed by atoms with Gasteiger partial charge in [-0.1, -0.05) is 6.07 Å². The van der Waals surface area contributed by atoms with Crippen LogP contribution in [0, 0.1) is 5.82 Å². The Bertz CT molecular complexity index is 913. The minimum absolute atomic E-state index is 0.0194. The predicted molar refractivity (Wildman–Crippen MR) is 88.1 cm³/mol. The Morgan fingerprint density at radius 1 is 1.27 bits per heavy atom. The number of carbonyl (C=O) groups excluding carboxylic acids is 2. The molecule has 4 rings (SSSR count). The molecule has 3 heterocycles. The lowest BCUT2D eigenvalue weighted by Gasteiger charge is -2.34. The van der Waals surface area contributed by atoms with Crippen molar-refractivity contribution in [3.05, 3.63) is 46.0 Å². The summed E-state index contributed by atoms with van der Waals surface area (Å²) in [6.07, 6.45) is 1.29. The van der Waals surface area contributed by atoms with E-state index in [1.54, 1.807) is 11.0 Å². The van der Waals surface area contributed by atoms with Crippen molar-refractivity contribution in [3.63, 3.8) is 0 Å². The number of fused-ring (bicyclic) bond motifs is 1. The van der Waals surface area contributed by atoms with E-state index in [1.165, 1.54) is 12.1 Å². The highest BCUT2D eigenvalue weighted by Crippen LogP contribution is 2.35. The Morgan fingerprint density at radius 3 is 2.73 bits per heavy atom. The van der Waals surface area contributed by atoms with Crippen LogP contribution in [0.3, 0.4) is 0 Å². The summed E-state index contributed by atoms with van der Waals surface area (Å²) < 4.78 is 18.4. The lowest BCUT2D eigenvalue weighted by atomic mass is 9.88. The van der Waals surface area contributed by atoms with E-state index in [0.29, 0.717) is 43.1 Å². The van der Waals surface area contributed by atoms with E-state index in [-0.39, 0.29) is 24.2 Å². The first-order valence-electron chi connectivity index (χ1n) is 8.45. The number of hydrogen-bond acceptors (Lipinski definition) is 5. The second-order valence-electron chi connectivity index (χ2n) is 6.59. The topological polar surface area (TPSA) is 108 Å². The van der Waals surface area contributed by atoms with Crippen molar-refractivity contribution < 1.29 is 18.4 Å². The Morgan fingerprint density at radius 2 is 2.04 bits per heavy atom. The maximum absolute atomic E-state index is 13.4. The van der Waals surface area contributed by atoms with Gasteiger partial charge in [-0.25, -0.2) is 14.3 Å². The molecule has 26 heavy (non-hydrogen) atoms. The van der Waals surface area contributed by atoms with Crippen LogP contribution in [0.1, 0.15) is 42.6 Å². The zero-order valence-electron chi connectivity index (χ0n) is 13.8. The number of aromatic amines is 1. The minimum atomic E-state index is -0.612. The fourth-order valence-corrected chi connectivity index (χ4v) is 3.64. The van der Waals surface area contributed by atoms with E-state index in [9.17, 15) is 18.8 Å². The molecule has 1 aromatic carbocycles. The molecule has 1 atom stereocenters. The van der Waals surface area contributed by atoms with Crippen LogP contribution in [0.4, 0.5) is 10.1 Å². The number of anilines is 1. The molecule has 1 fully saturated rings. The number of nitrogens with zero attached hydrogens (tertiary/aromatic N) is 2. The van der Waals surface area contributed by atoms with Gasteiger partial charge in [-0.2, -0.15) is 0 Å². The molecule has 2 aliphatic rings. The molecular formula is C17H17FN4O4. The van der Waals surface area contributed by atoms with E-state index in [0.717, 1.165) is 0 Å². The van der Waals surface area contributed by atoms with Crippen LogP contribution < -0.4 is 11.1 Å². The number of aromatic nitrogens is 2. The Hall–Kier alpha value is -2.97. The Labute approximate surface area is 147 Å². The number of likely N-dealkylation sites (tertiary alicyclic amines) is 1. The average molecular weight is 360 g/mol. The Balaban J connectivity index is 1.49. The summed E-state index contributed by atoms with van der Waals surface area (Å²) in [6.45, 7) is 0.962. The number of nitrogens with one attached hydrogen (secondary N) is 2. The van der Waals surface area contributed by atoms with E-state index < -0.39 is 17.5 Å². The highest BCUT2D eigenvalue weighted by Gasteiger charge is 2.35. The van der Waals surface area contributed by atoms with Crippen molar-refractivity contribution in [1.82, 2.24) is 15.1 Å². The van der Waals surface area contributed by atoms with Crippen molar-refractivity contribution in [2.75, 3.05) is 18.4 Å². The molecule has 0 saturated carbocycles. The molecule has 1 saturated heterocycles. The number of amides is 2. The molecule has 8 nitrogen and oxygen atoms in total. The van der Waals surface area contributed by atoms with Crippen molar-refractivity contribution in [1.29, 1.82) is 0 Å². The van der Waals surface area contributed by atoms with Crippen LogP contribution in [-0.2, 0) is 9.59 Å². The summed E-state index contributed by atoms with van der Waals surface area (Å²) in [5.41, 5.74) is 0.990. The molecule has 0 radical (unpaired) electrons. The molecule has 2 aromatic rings. The van der Waals surface area contributed by atoms with Gasteiger partial charge in [0.1, 0.15) is 5.82 Å². The molecule has 0 aliphatic carbocycles. The molecule has 136 valence electrons. The fourth-order valence-electron chi connectivity index (χ4n) is 3.64. The lowest BCUT2D eigenvalue weighted by molar-refractivity contribution is -0.136. The number of benzene rings is 1. The average Bonchev–Trinajstić information content (AvgIpc) is 3.06. The summed E-state index contributed by atoms with van der Waals surface area (Å²) in [5.74, 6) is -1.76. The zero-order valence-corrected chi connectivity index (χ0v) is 13.8. The minimum Gasteiger partial charge on any atom is -0.392 e. The van der Waals surface area contributed by atoms with Crippen LogP contribution in [0.15, 0.2) is 27.4 Å². The fraction of sp³-hybridized carbons (Fsp3) is 0.412. The maximum Gasteiger partial charge on any atom is 0.434 e. The summed E-state index contributed by atoms with van der Waals surface area (Å²) in [6, 6.07) is 4.08. The molecule has 2 N–H and O–H groups in total. The van der Waals surface area contributed by atoms with Crippen molar-refractivity contribution in [3.8, 4) is 0 Å². The third-order valence-corrected chi connectivity index (χ3v) is 4.96. The Kier molecular flexibility index (Phi) is 4.06.